The minimum atomic E-state index is -2.87. The predicted octanol–water partition coefficient (Wildman–Crippen LogP) is 1.78. The van der Waals surface area contributed by atoms with E-state index >= 15 is 0 Å². The van der Waals surface area contributed by atoms with E-state index in [0.717, 1.165) is 19.1 Å². The maximum atomic E-state index is 9.77. The molecule has 0 heterocycles. The van der Waals surface area contributed by atoms with Gasteiger partial charge in [-0.1, -0.05) is 26.2 Å². The molecule has 0 aromatic carbocycles. The Hall–Kier alpha value is -0.310. The number of rotatable bonds is 5. The van der Waals surface area contributed by atoms with Crippen molar-refractivity contribution >= 4 is 14.5 Å². The van der Waals surface area contributed by atoms with Crippen molar-refractivity contribution in [2.24, 2.45) is 0 Å². The van der Waals surface area contributed by atoms with Crippen molar-refractivity contribution in [3.05, 3.63) is 0 Å². The molecule has 0 aliphatic heterocycles. The lowest BCUT2D eigenvalue weighted by Crippen LogP contribution is -1.76. The number of hydrogen-bond donors (Lipinski definition) is 2. The van der Waals surface area contributed by atoms with Crippen molar-refractivity contribution in [2.75, 3.05) is 0 Å². The minimum Gasteiger partial charge on any atom is -0.303 e. The molecule has 12 heavy (non-hydrogen) atoms. The Balaban J connectivity index is 0. The second-order valence-corrected chi connectivity index (χ2v) is 2.77. The summed E-state index contributed by atoms with van der Waals surface area (Å²) in [7, 11) is -2.87. The third kappa shape index (κ3) is 33.3. The topological polar surface area (TPSA) is 74.6 Å². The van der Waals surface area contributed by atoms with Crippen LogP contribution in [0.1, 0.15) is 39.0 Å². The Morgan fingerprint density at radius 3 is 2.08 bits per heavy atom. The molecule has 0 saturated carbocycles. The summed E-state index contributed by atoms with van der Waals surface area (Å²) in [6.45, 7) is 2.17. The average molecular weight is 195 g/mol. The van der Waals surface area contributed by atoms with Crippen LogP contribution >= 0.6 is 8.25 Å². The van der Waals surface area contributed by atoms with Crippen LogP contribution in [-0.2, 0) is 9.36 Å². The van der Waals surface area contributed by atoms with Gasteiger partial charge < -0.3 is 4.79 Å². The van der Waals surface area contributed by atoms with E-state index in [1.165, 1.54) is 19.3 Å². The largest absolute Gasteiger partial charge is 0.692 e. The highest BCUT2D eigenvalue weighted by molar-refractivity contribution is 7.30. The van der Waals surface area contributed by atoms with Crippen LogP contribution in [0.2, 0.25) is 0 Å². The van der Waals surface area contributed by atoms with Gasteiger partial charge in [-0.3, -0.25) is 0 Å². The number of hydrogen-bond acceptors (Lipinski definition) is 2. The second-order valence-electron chi connectivity index (χ2n) is 2.27. The van der Waals surface area contributed by atoms with Crippen LogP contribution in [0.3, 0.4) is 0 Å². The molecule has 0 aliphatic rings. The SMILES string of the molecule is CCCCCCC=O.O=[P+](O)O. The van der Waals surface area contributed by atoms with Gasteiger partial charge in [0.2, 0.25) is 0 Å². The molecule has 0 bridgehead atoms. The zero-order valence-corrected chi connectivity index (χ0v) is 8.17. The lowest BCUT2D eigenvalue weighted by atomic mass is 10.2. The van der Waals surface area contributed by atoms with E-state index in [1.807, 2.05) is 0 Å². The van der Waals surface area contributed by atoms with Gasteiger partial charge in [-0.2, -0.15) is 0 Å². The van der Waals surface area contributed by atoms with Crippen LogP contribution in [0.15, 0.2) is 0 Å². The third-order valence-electron chi connectivity index (χ3n) is 1.18. The molecular formula is C7H16O4P+. The van der Waals surface area contributed by atoms with Crippen molar-refractivity contribution < 1.29 is 19.1 Å². The summed E-state index contributed by atoms with van der Waals surface area (Å²) in [6.07, 6.45) is 6.56. The Morgan fingerprint density at radius 2 is 1.75 bits per heavy atom. The van der Waals surface area contributed by atoms with E-state index in [1.54, 1.807) is 0 Å². The molecule has 0 saturated heterocycles. The van der Waals surface area contributed by atoms with E-state index < -0.39 is 8.25 Å². The van der Waals surface area contributed by atoms with E-state index in [9.17, 15) is 4.79 Å². The quantitative estimate of drug-likeness (QED) is 0.398. The van der Waals surface area contributed by atoms with Gasteiger partial charge in [0.1, 0.15) is 6.29 Å². The molecule has 0 atom stereocenters. The minimum absolute atomic E-state index is 0.750. The molecule has 0 fully saturated rings. The van der Waals surface area contributed by atoms with Crippen molar-refractivity contribution in [3.8, 4) is 0 Å². The zero-order valence-electron chi connectivity index (χ0n) is 7.27. The second kappa shape index (κ2) is 13.3. The molecule has 72 valence electrons. The fraction of sp³-hybridized carbons (Fsp3) is 0.857. The van der Waals surface area contributed by atoms with Gasteiger partial charge in [0.15, 0.2) is 0 Å². The van der Waals surface area contributed by atoms with Gasteiger partial charge in [0.25, 0.3) is 0 Å². The fourth-order valence-electron chi connectivity index (χ4n) is 0.654. The van der Waals surface area contributed by atoms with Crippen LogP contribution in [0.25, 0.3) is 0 Å². The van der Waals surface area contributed by atoms with Crippen molar-refractivity contribution in [1.29, 1.82) is 0 Å². The molecular weight excluding hydrogens is 179 g/mol. The van der Waals surface area contributed by atoms with Gasteiger partial charge in [0, 0.05) is 11.0 Å². The lowest BCUT2D eigenvalue weighted by molar-refractivity contribution is -0.107. The van der Waals surface area contributed by atoms with Crippen LogP contribution in [-0.4, -0.2) is 16.1 Å². The Labute approximate surface area is 73.6 Å². The highest BCUT2D eigenvalue weighted by atomic mass is 31.1. The van der Waals surface area contributed by atoms with Crippen LogP contribution in [0, 0.1) is 0 Å². The summed E-state index contributed by atoms with van der Waals surface area (Å²) >= 11 is 0. The monoisotopic (exact) mass is 195 g/mol. The first-order valence-corrected chi connectivity index (χ1v) is 5.10. The molecule has 0 rings (SSSR count). The molecule has 4 nitrogen and oxygen atoms in total. The van der Waals surface area contributed by atoms with Crippen LogP contribution < -0.4 is 0 Å². The fourth-order valence-corrected chi connectivity index (χ4v) is 0.654. The lowest BCUT2D eigenvalue weighted by Gasteiger charge is -1.90. The van der Waals surface area contributed by atoms with Crippen molar-refractivity contribution in [2.45, 2.75) is 39.0 Å². The normalized spacial score (nSPS) is 8.25. The molecule has 0 amide bonds. The maximum absolute atomic E-state index is 9.77. The number of carbonyl (C=O) groups excluding carboxylic acids is 1. The van der Waals surface area contributed by atoms with Gasteiger partial charge in [0.05, 0.1) is 0 Å². The number of aldehydes is 1. The van der Waals surface area contributed by atoms with Crippen LogP contribution in [0.4, 0.5) is 0 Å². The van der Waals surface area contributed by atoms with Crippen molar-refractivity contribution in [1.82, 2.24) is 0 Å². The van der Waals surface area contributed by atoms with Gasteiger partial charge >= 0.3 is 8.25 Å². The molecule has 0 aliphatic carbocycles. The Bertz CT molecular complexity index is 112. The molecule has 0 spiro atoms. The highest BCUT2D eigenvalue weighted by Gasteiger charge is 1.93. The molecule has 5 heteroatoms. The Kier molecular flexibility index (Phi) is 15.8. The van der Waals surface area contributed by atoms with Gasteiger partial charge in [-0.05, 0) is 6.42 Å². The van der Waals surface area contributed by atoms with E-state index in [4.69, 9.17) is 14.4 Å². The maximum Gasteiger partial charge on any atom is 0.692 e. The number of unbranched alkanes of at least 4 members (excludes halogenated alkanes) is 4. The first-order chi connectivity index (χ1) is 5.65. The molecule has 2 N–H and O–H groups in total. The van der Waals surface area contributed by atoms with Crippen molar-refractivity contribution in [3.63, 3.8) is 0 Å². The highest BCUT2D eigenvalue weighted by Crippen LogP contribution is 1.99. The molecule has 0 unspecified atom stereocenters. The third-order valence-corrected chi connectivity index (χ3v) is 1.18. The first-order valence-electron chi connectivity index (χ1n) is 3.93. The Morgan fingerprint density at radius 1 is 1.25 bits per heavy atom. The van der Waals surface area contributed by atoms with Crippen LogP contribution in [0.5, 0.6) is 0 Å². The zero-order chi connectivity index (χ0) is 9.82. The summed E-state index contributed by atoms with van der Waals surface area (Å²) in [5.74, 6) is 0. The molecule has 0 aromatic heterocycles. The van der Waals surface area contributed by atoms with E-state index in [-0.39, 0.29) is 0 Å². The average Bonchev–Trinajstić information content (AvgIpc) is 1.97. The summed E-state index contributed by atoms with van der Waals surface area (Å²) < 4.78 is 8.70. The van der Waals surface area contributed by atoms with Gasteiger partial charge in [-0.25, -0.2) is 0 Å². The smallest absolute Gasteiger partial charge is 0.303 e. The first kappa shape index (κ1) is 14.2. The molecule has 0 radical (unpaired) electrons. The summed E-state index contributed by atoms with van der Waals surface area (Å²) in [5.41, 5.74) is 0. The number of carbonyl (C=O) groups is 1. The van der Waals surface area contributed by atoms with E-state index in [0.29, 0.717) is 0 Å². The summed E-state index contributed by atoms with van der Waals surface area (Å²) in [5, 5.41) is 0. The van der Waals surface area contributed by atoms with Gasteiger partial charge in [-0.15, -0.1) is 9.79 Å². The molecule has 0 aromatic rings. The predicted molar refractivity (Wildman–Crippen MR) is 46.9 cm³/mol. The van der Waals surface area contributed by atoms with E-state index in [2.05, 4.69) is 6.92 Å². The summed E-state index contributed by atoms with van der Waals surface area (Å²) in [6, 6.07) is 0. The standard InChI is InChI=1S/C7H14O.HO3P/c1-2-3-4-5-6-7-8;1-4(2)3/h7H,2-6H2,1H3;(H-,1,2,3)/p+1. The summed E-state index contributed by atoms with van der Waals surface area (Å²) in [4.78, 5) is 24.0.